The number of rotatable bonds is 3. The third kappa shape index (κ3) is 1.42. The molecule has 62 valence electrons. The zero-order valence-electron chi connectivity index (χ0n) is 6.31. The Morgan fingerprint density at radius 3 is 2.25 bits per heavy atom. The molecule has 0 radical (unpaired) electrons. The fourth-order valence-corrected chi connectivity index (χ4v) is 0.861. The molecule has 4 heteroatoms. The lowest BCUT2D eigenvalue weighted by Crippen LogP contribution is -2.19. The Hall–Kier alpha value is -1.84. The van der Waals surface area contributed by atoms with E-state index in [0.29, 0.717) is 24.2 Å². The van der Waals surface area contributed by atoms with Crippen LogP contribution in [0.5, 0.6) is 0 Å². The van der Waals surface area contributed by atoms with Gasteiger partial charge in [-0.25, -0.2) is 0 Å². The van der Waals surface area contributed by atoms with Crippen molar-refractivity contribution in [2.75, 3.05) is 10.6 Å². The van der Waals surface area contributed by atoms with E-state index in [1.165, 1.54) is 0 Å². The molecule has 12 heavy (non-hydrogen) atoms. The van der Waals surface area contributed by atoms with Crippen molar-refractivity contribution in [1.82, 2.24) is 0 Å². The van der Waals surface area contributed by atoms with Gasteiger partial charge in [-0.15, -0.1) is 0 Å². The summed E-state index contributed by atoms with van der Waals surface area (Å²) in [5.41, 5.74) is 6.32. The first-order valence-electron chi connectivity index (χ1n) is 3.33. The lowest BCUT2D eigenvalue weighted by molar-refractivity contribution is -0.113. The number of nitrogen functional groups attached to an aromatic ring is 1. The van der Waals surface area contributed by atoms with E-state index in [9.17, 15) is 9.59 Å². The summed E-state index contributed by atoms with van der Waals surface area (Å²) in [5.74, 6) is 0. The molecule has 0 saturated heterocycles. The number of anilines is 2. The van der Waals surface area contributed by atoms with Gasteiger partial charge < -0.3 is 5.73 Å². The van der Waals surface area contributed by atoms with Crippen LogP contribution in [0.2, 0.25) is 0 Å². The Balaban J connectivity index is 3.08. The van der Waals surface area contributed by atoms with Crippen LogP contribution >= 0.6 is 0 Å². The molecule has 1 aromatic carbocycles. The zero-order valence-corrected chi connectivity index (χ0v) is 6.31. The van der Waals surface area contributed by atoms with Crippen LogP contribution < -0.4 is 10.6 Å². The monoisotopic (exact) mass is 164 g/mol. The fourth-order valence-electron chi connectivity index (χ4n) is 0.861. The van der Waals surface area contributed by atoms with Crippen molar-refractivity contribution in [1.29, 1.82) is 0 Å². The molecule has 2 amide bonds. The number of hydrogen-bond acceptors (Lipinski definition) is 3. The van der Waals surface area contributed by atoms with E-state index in [1.54, 1.807) is 24.3 Å². The Labute approximate surface area is 69.6 Å². The van der Waals surface area contributed by atoms with Crippen molar-refractivity contribution in [2.24, 2.45) is 0 Å². The number of para-hydroxylation sites is 2. The van der Waals surface area contributed by atoms with E-state index in [0.717, 1.165) is 4.90 Å². The Morgan fingerprint density at radius 2 is 1.75 bits per heavy atom. The van der Waals surface area contributed by atoms with Crippen LogP contribution in [0.4, 0.5) is 11.4 Å². The summed E-state index contributed by atoms with van der Waals surface area (Å²) in [6, 6.07) is 6.64. The lowest BCUT2D eigenvalue weighted by atomic mass is 10.2. The van der Waals surface area contributed by atoms with Gasteiger partial charge in [-0.2, -0.15) is 0 Å². The number of benzene rings is 1. The first kappa shape index (κ1) is 8.26. The largest absolute Gasteiger partial charge is 0.397 e. The molecule has 0 bridgehead atoms. The molecule has 4 nitrogen and oxygen atoms in total. The molecule has 0 fully saturated rings. The summed E-state index contributed by atoms with van der Waals surface area (Å²) in [4.78, 5) is 21.5. The summed E-state index contributed by atoms with van der Waals surface area (Å²) >= 11 is 0. The fraction of sp³-hybridized carbons (Fsp3) is 0. The van der Waals surface area contributed by atoms with Crippen molar-refractivity contribution in [2.45, 2.75) is 0 Å². The van der Waals surface area contributed by atoms with E-state index in [2.05, 4.69) is 0 Å². The normalized spacial score (nSPS) is 9.00. The number of carbonyl (C=O) groups excluding carboxylic acids is 2. The predicted molar refractivity (Wildman–Crippen MR) is 45.5 cm³/mol. The minimum Gasteiger partial charge on any atom is -0.397 e. The van der Waals surface area contributed by atoms with Gasteiger partial charge in [0.25, 0.3) is 0 Å². The minimum atomic E-state index is 0.400. The maximum atomic E-state index is 10.3. The third-order valence-electron chi connectivity index (χ3n) is 1.44. The highest BCUT2D eigenvalue weighted by molar-refractivity contribution is 5.98. The molecule has 0 aliphatic rings. The van der Waals surface area contributed by atoms with Crippen LogP contribution in [0.3, 0.4) is 0 Å². The van der Waals surface area contributed by atoms with E-state index in [1.807, 2.05) is 0 Å². The van der Waals surface area contributed by atoms with E-state index in [4.69, 9.17) is 5.73 Å². The Kier molecular flexibility index (Phi) is 2.42. The predicted octanol–water partition coefficient (Wildman–Crippen LogP) is 0.388. The first-order chi connectivity index (χ1) is 5.79. The topological polar surface area (TPSA) is 63.4 Å². The number of imide groups is 1. The SMILES string of the molecule is Nc1ccccc1N(C=O)C=O. The highest BCUT2D eigenvalue weighted by Gasteiger charge is 2.05. The number of nitrogens with two attached hydrogens (primary N) is 1. The summed E-state index contributed by atoms with van der Waals surface area (Å²) < 4.78 is 0. The molecule has 0 atom stereocenters. The molecule has 1 rings (SSSR count). The number of amides is 2. The summed E-state index contributed by atoms with van der Waals surface area (Å²) in [6.45, 7) is 0. The second kappa shape index (κ2) is 3.52. The van der Waals surface area contributed by atoms with Gasteiger partial charge in [0.05, 0.1) is 11.4 Å². The highest BCUT2D eigenvalue weighted by Crippen LogP contribution is 2.19. The smallest absolute Gasteiger partial charge is 0.220 e. The molecule has 0 aliphatic carbocycles. The molecule has 2 N–H and O–H groups in total. The van der Waals surface area contributed by atoms with Gasteiger partial charge in [-0.1, -0.05) is 12.1 Å². The van der Waals surface area contributed by atoms with Crippen LogP contribution in [0.15, 0.2) is 24.3 Å². The summed E-state index contributed by atoms with van der Waals surface area (Å²) in [6.07, 6.45) is 0.831. The zero-order chi connectivity index (χ0) is 8.97. The van der Waals surface area contributed by atoms with Gasteiger partial charge in [0.15, 0.2) is 0 Å². The number of carbonyl (C=O) groups is 2. The van der Waals surface area contributed by atoms with Gasteiger partial charge >= 0.3 is 0 Å². The van der Waals surface area contributed by atoms with Crippen LogP contribution in [-0.4, -0.2) is 12.8 Å². The van der Waals surface area contributed by atoms with Crippen LogP contribution in [0, 0.1) is 0 Å². The molecule has 0 saturated carbocycles. The van der Waals surface area contributed by atoms with Crippen molar-refractivity contribution < 1.29 is 9.59 Å². The molecule has 0 spiro atoms. The van der Waals surface area contributed by atoms with Crippen molar-refractivity contribution >= 4 is 24.2 Å². The van der Waals surface area contributed by atoms with Gasteiger partial charge in [0.1, 0.15) is 0 Å². The molecule has 0 aromatic heterocycles. The van der Waals surface area contributed by atoms with E-state index >= 15 is 0 Å². The molecule has 0 aliphatic heterocycles. The average molecular weight is 164 g/mol. The standard InChI is InChI=1S/C8H8N2O2/c9-7-3-1-2-4-8(7)10(5-11)6-12/h1-6H,9H2. The van der Waals surface area contributed by atoms with Gasteiger partial charge in [0.2, 0.25) is 12.8 Å². The van der Waals surface area contributed by atoms with Gasteiger partial charge in [-0.3, -0.25) is 14.5 Å². The van der Waals surface area contributed by atoms with Gasteiger partial charge in [0, 0.05) is 0 Å². The summed E-state index contributed by atoms with van der Waals surface area (Å²) in [7, 11) is 0. The van der Waals surface area contributed by atoms with Crippen LogP contribution in [-0.2, 0) is 9.59 Å². The molecule has 0 heterocycles. The van der Waals surface area contributed by atoms with Crippen LogP contribution in [0.1, 0.15) is 0 Å². The Morgan fingerprint density at radius 1 is 1.17 bits per heavy atom. The Bertz CT molecular complexity index is 291. The second-order valence-electron chi connectivity index (χ2n) is 2.18. The van der Waals surface area contributed by atoms with E-state index in [-0.39, 0.29) is 0 Å². The second-order valence-corrected chi connectivity index (χ2v) is 2.18. The molecular weight excluding hydrogens is 156 g/mol. The van der Waals surface area contributed by atoms with Crippen molar-refractivity contribution in [3.63, 3.8) is 0 Å². The lowest BCUT2D eigenvalue weighted by Gasteiger charge is -2.10. The number of nitrogens with zero attached hydrogens (tertiary/aromatic N) is 1. The molecule has 1 aromatic rings. The van der Waals surface area contributed by atoms with Crippen molar-refractivity contribution in [3.8, 4) is 0 Å². The quantitative estimate of drug-likeness (QED) is 0.519. The van der Waals surface area contributed by atoms with Crippen LogP contribution in [0.25, 0.3) is 0 Å². The van der Waals surface area contributed by atoms with Gasteiger partial charge in [-0.05, 0) is 12.1 Å². The summed E-state index contributed by atoms with van der Waals surface area (Å²) in [5, 5.41) is 0. The maximum absolute atomic E-state index is 10.3. The minimum absolute atomic E-state index is 0.400. The average Bonchev–Trinajstić information content (AvgIpc) is 2.10. The highest BCUT2D eigenvalue weighted by atomic mass is 16.2. The van der Waals surface area contributed by atoms with Crippen molar-refractivity contribution in [3.05, 3.63) is 24.3 Å². The molecular formula is C8H8N2O2. The first-order valence-corrected chi connectivity index (χ1v) is 3.33. The third-order valence-corrected chi connectivity index (χ3v) is 1.44. The van der Waals surface area contributed by atoms with E-state index < -0.39 is 0 Å². The maximum Gasteiger partial charge on any atom is 0.220 e. The number of hydrogen-bond donors (Lipinski definition) is 1. The molecule has 0 unspecified atom stereocenters.